The van der Waals surface area contributed by atoms with E-state index >= 15 is 0 Å². The topological polar surface area (TPSA) is 20.2 Å². The number of halogens is 1. The molecular weight excluding hydrogens is 220 g/mol. The van der Waals surface area contributed by atoms with Gasteiger partial charge >= 0.3 is 0 Å². The molecule has 84 valence electrons. The Labute approximate surface area is 101 Å². The molecule has 2 heteroatoms. The first-order valence-corrected chi connectivity index (χ1v) is 5.68. The first kappa shape index (κ1) is 11.3. The second-order valence-electron chi connectivity index (χ2n) is 5.11. The maximum absolute atomic E-state index is 9.71. The Morgan fingerprint density at radius 2 is 1.75 bits per heavy atom. The molecule has 0 amide bonds. The molecule has 0 aliphatic heterocycles. The first-order valence-electron chi connectivity index (χ1n) is 5.31. The summed E-state index contributed by atoms with van der Waals surface area (Å²) < 4.78 is 0. The minimum Gasteiger partial charge on any atom is -0.508 e. The van der Waals surface area contributed by atoms with Crippen molar-refractivity contribution < 1.29 is 5.11 Å². The second kappa shape index (κ2) is 3.67. The van der Waals surface area contributed by atoms with Crippen molar-refractivity contribution in [3.63, 3.8) is 0 Å². The number of hydrogen-bond acceptors (Lipinski definition) is 1. The summed E-state index contributed by atoms with van der Waals surface area (Å²) in [6.45, 7) is 6.38. The molecule has 1 N–H and O–H groups in total. The lowest BCUT2D eigenvalue weighted by atomic mass is 9.83. The highest BCUT2D eigenvalue weighted by Gasteiger charge is 2.17. The summed E-state index contributed by atoms with van der Waals surface area (Å²) >= 11 is 6.02. The zero-order valence-electron chi connectivity index (χ0n) is 9.71. The van der Waals surface area contributed by atoms with Gasteiger partial charge in [-0.05, 0) is 46.0 Å². The van der Waals surface area contributed by atoms with Crippen LogP contribution < -0.4 is 0 Å². The molecule has 0 fully saturated rings. The molecule has 0 aromatic heterocycles. The molecule has 0 bridgehead atoms. The summed E-state index contributed by atoms with van der Waals surface area (Å²) in [4.78, 5) is 0. The van der Waals surface area contributed by atoms with Crippen LogP contribution in [0.4, 0.5) is 0 Å². The zero-order chi connectivity index (χ0) is 11.9. The van der Waals surface area contributed by atoms with Crippen molar-refractivity contribution in [2.24, 2.45) is 0 Å². The molecule has 0 radical (unpaired) electrons. The summed E-state index contributed by atoms with van der Waals surface area (Å²) in [5.74, 6) is 0.305. The minimum absolute atomic E-state index is 0.0122. The van der Waals surface area contributed by atoms with Crippen LogP contribution in [0.25, 0.3) is 10.8 Å². The van der Waals surface area contributed by atoms with Gasteiger partial charge in [0.15, 0.2) is 0 Å². The summed E-state index contributed by atoms with van der Waals surface area (Å²) in [5.41, 5.74) is 1.10. The average molecular weight is 235 g/mol. The van der Waals surface area contributed by atoms with E-state index in [9.17, 15) is 5.11 Å². The normalized spacial score (nSPS) is 12.0. The van der Waals surface area contributed by atoms with Crippen molar-refractivity contribution in [3.8, 4) is 5.75 Å². The van der Waals surface area contributed by atoms with Gasteiger partial charge in [-0.1, -0.05) is 38.4 Å². The SMILES string of the molecule is CC(C)(C)c1cc(O)cc2ccc(Cl)cc12. The smallest absolute Gasteiger partial charge is 0.116 e. The Morgan fingerprint density at radius 1 is 1.06 bits per heavy atom. The quantitative estimate of drug-likeness (QED) is 0.712. The highest BCUT2D eigenvalue weighted by molar-refractivity contribution is 6.31. The molecule has 0 saturated heterocycles. The van der Waals surface area contributed by atoms with E-state index in [4.69, 9.17) is 11.6 Å². The number of hydrogen-bond donors (Lipinski definition) is 1. The number of phenols is 1. The van der Waals surface area contributed by atoms with E-state index < -0.39 is 0 Å². The van der Waals surface area contributed by atoms with Crippen LogP contribution in [0, 0.1) is 0 Å². The van der Waals surface area contributed by atoms with Crippen LogP contribution >= 0.6 is 11.6 Å². The molecule has 2 aromatic rings. The van der Waals surface area contributed by atoms with E-state index in [2.05, 4.69) is 20.8 Å². The largest absolute Gasteiger partial charge is 0.508 e. The molecule has 0 aliphatic carbocycles. The van der Waals surface area contributed by atoms with Crippen LogP contribution in [0.2, 0.25) is 5.02 Å². The maximum atomic E-state index is 9.71. The van der Waals surface area contributed by atoms with Gasteiger partial charge in [0, 0.05) is 5.02 Å². The van der Waals surface area contributed by atoms with Crippen LogP contribution in [0.5, 0.6) is 5.75 Å². The van der Waals surface area contributed by atoms with Gasteiger partial charge in [0.2, 0.25) is 0 Å². The van der Waals surface area contributed by atoms with Crippen LogP contribution in [0.15, 0.2) is 30.3 Å². The molecule has 0 aliphatic rings. The Bertz CT molecular complexity index is 538. The fourth-order valence-corrected chi connectivity index (χ4v) is 2.11. The first-order chi connectivity index (χ1) is 7.38. The predicted molar refractivity (Wildman–Crippen MR) is 69.3 cm³/mol. The third kappa shape index (κ3) is 2.00. The number of benzene rings is 2. The van der Waals surface area contributed by atoms with Gasteiger partial charge in [-0.15, -0.1) is 0 Å². The van der Waals surface area contributed by atoms with Crippen LogP contribution in [-0.2, 0) is 5.41 Å². The van der Waals surface area contributed by atoms with E-state index in [0.717, 1.165) is 21.4 Å². The van der Waals surface area contributed by atoms with Crippen molar-refractivity contribution in [1.29, 1.82) is 0 Å². The van der Waals surface area contributed by atoms with E-state index in [1.54, 1.807) is 6.07 Å². The molecule has 0 unspecified atom stereocenters. The lowest BCUT2D eigenvalue weighted by Crippen LogP contribution is -2.11. The van der Waals surface area contributed by atoms with Crippen LogP contribution in [-0.4, -0.2) is 5.11 Å². The van der Waals surface area contributed by atoms with Gasteiger partial charge in [0.25, 0.3) is 0 Å². The van der Waals surface area contributed by atoms with E-state index in [-0.39, 0.29) is 5.41 Å². The predicted octanol–water partition coefficient (Wildman–Crippen LogP) is 4.50. The Morgan fingerprint density at radius 3 is 2.38 bits per heavy atom. The molecule has 2 aromatic carbocycles. The van der Waals surface area contributed by atoms with E-state index in [0.29, 0.717) is 5.75 Å². The van der Waals surface area contributed by atoms with Gasteiger partial charge in [0.1, 0.15) is 5.75 Å². The van der Waals surface area contributed by atoms with Gasteiger partial charge in [-0.25, -0.2) is 0 Å². The number of rotatable bonds is 0. The van der Waals surface area contributed by atoms with Crippen molar-refractivity contribution in [2.75, 3.05) is 0 Å². The van der Waals surface area contributed by atoms with Gasteiger partial charge in [0.05, 0.1) is 0 Å². The molecule has 2 rings (SSSR count). The highest BCUT2D eigenvalue weighted by Crippen LogP contribution is 2.34. The minimum atomic E-state index is -0.0122. The highest BCUT2D eigenvalue weighted by atomic mass is 35.5. The lowest BCUT2D eigenvalue weighted by Gasteiger charge is -2.21. The third-order valence-electron chi connectivity index (χ3n) is 2.71. The third-order valence-corrected chi connectivity index (χ3v) is 2.94. The van der Waals surface area contributed by atoms with Gasteiger partial charge in [-0.3, -0.25) is 0 Å². The van der Waals surface area contributed by atoms with Crippen molar-refractivity contribution >= 4 is 22.4 Å². The molecule has 16 heavy (non-hydrogen) atoms. The fraction of sp³-hybridized carbons (Fsp3) is 0.286. The molecule has 1 nitrogen and oxygen atoms in total. The van der Waals surface area contributed by atoms with E-state index in [1.807, 2.05) is 24.3 Å². The van der Waals surface area contributed by atoms with Gasteiger partial charge in [-0.2, -0.15) is 0 Å². The second-order valence-corrected chi connectivity index (χ2v) is 5.55. The fourth-order valence-electron chi connectivity index (χ4n) is 1.93. The van der Waals surface area contributed by atoms with Crippen molar-refractivity contribution in [2.45, 2.75) is 26.2 Å². The molecule has 0 spiro atoms. The summed E-state index contributed by atoms with van der Waals surface area (Å²) in [6.07, 6.45) is 0. The zero-order valence-corrected chi connectivity index (χ0v) is 10.5. The summed E-state index contributed by atoms with van der Waals surface area (Å²) in [5, 5.41) is 12.6. The molecule has 0 atom stereocenters. The number of phenolic OH excluding ortho intramolecular Hbond substituents is 1. The summed E-state index contributed by atoms with van der Waals surface area (Å²) in [7, 11) is 0. The van der Waals surface area contributed by atoms with Crippen molar-refractivity contribution in [3.05, 3.63) is 40.9 Å². The lowest BCUT2D eigenvalue weighted by molar-refractivity contribution is 0.472. The van der Waals surface area contributed by atoms with Crippen LogP contribution in [0.3, 0.4) is 0 Å². The Hall–Kier alpha value is -1.21. The van der Waals surface area contributed by atoms with Crippen LogP contribution in [0.1, 0.15) is 26.3 Å². The molecule has 0 saturated carbocycles. The number of fused-ring (bicyclic) bond motifs is 1. The standard InChI is InChI=1S/C14H15ClO/c1-14(2,3)13-8-11(16)6-9-4-5-10(15)7-12(9)13/h4-8,16H,1-3H3. The monoisotopic (exact) mass is 234 g/mol. The number of aromatic hydroxyl groups is 1. The van der Waals surface area contributed by atoms with Crippen molar-refractivity contribution in [1.82, 2.24) is 0 Å². The van der Waals surface area contributed by atoms with E-state index in [1.165, 1.54) is 0 Å². The molecular formula is C14H15ClO. The molecule has 0 heterocycles. The van der Waals surface area contributed by atoms with Gasteiger partial charge < -0.3 is 5.11 Å². The Balaban J connectivity index is 2.85. The Kier molecular flexibility index (Phi) is 2.59. The maximum Gasteiger partial charge on any atom is 0.116 e. The average Bonchev–Trinajstić information content (AvgIpc) is 2.16. The summed E-state index contributed by atoms with van der Waals surface area (Å²) in [6, 6.07) is 9.32.